The maximum Gasteiger partial charge on any atom is 0.410 e. The Morgan fingerprint density at radius 3 is 2.47 bits per heavy atom. The van der Waals surface area contributed by atoms with Gasteiger partial charge in [-0.15, -0.1) is 0 Å². The van der Waals surface area contributed by atoms with Gasteiger partial charge in [0, 0.05) is 17.1 Å². The van der Waals surface area contributed by atoms with E-state index in [0.717, 1.165) is 10.0 Å². The minimum atomic E-state index is -0.471. The molecule has 1 amide bonds. The van der Waals surface area contributed by atoms with Crippen LogP contribution in [0.1, 0.15) is 40.2 Å². The molecule has 0 saturated carbocycles. The van der Waals surface area contributed by atoms with Crippen molar-refractivity contribution in [1.82, 2.24) is 4.90 Å². The van der Waals surface area contributed by atoms with Crippen molar-refractivity contribution in [2.45, 2.75) is 52.8 Å². The number of carbonyl (C=O) groups excluding carboxylic acids is 1. The Morgan fingerprint density at radius 2 is 2.00 bits per heavy atom. The lowest BCUT2D eigenvalue weighted by atomic mass is 10.2. The number of carbonyl (C=O) groups is 1. The molecule has 1 aromatic rings. The van der Waals surface area contributed by atoms with Crippen LogP contribution in [-0.4, -0.2) is 22.6 Å². The summed E-state index contributed by atoms with van der Waals surface area (Å²) in [6, 6.07) is 8.04. The first-order valence-corrected chi connectivity index (χ1v) is 7.22. The summed E-state index contributed by atoms with van der Waals surface area (Å²) in [5.41, 5.74) is 0.607. The van der Waals surface area contributed by atoms with Crippen LogP contribution >= 0.6 is 15.9 Å². The van der Waals surface area contributed by atoms with Gasteiger partial charge in [0.15, 0.2) is 0 Å². The molecule has 0 aromatic heterocycles. The second kappa shape index (κ2) is 6.42. The molecular weight excluding hydrogens is 306 g/mol. The molecule has 0 radical (unpaired) electrons. The first kappa shape index (κ1) is 16.0. The molecule has 19 heavy (non-hydrogen) atoms. The highest BCUT2D eigenvalue weighted by molar-refractivity contribution is 9.10. The van der Waals surface area contributed by atoms with E-state index in [0.29, 0.717) is 6.54 Å². The Bertz CT molecular complexity index is 438. The highest BCUT2D eigenvalue weighted by atomic mass is 79.9. The van der Waals surface area contributed by atoms with Gasteiger partial charge in [-0.3, -0.25) is 0 Å². The largest absolute Gasteiger partial charge is 0.444 e. The summed E-state index contributed by atoms with van der Waals surface area (Å²) in [4.78, 5) is 13.9. The first-order chi connectivity index (χ1) is 8.69. The van der Waals surface area contributed by atoms with Crippen molar-refractivity contribution in [3.63, 3.8) is 0 Å². The molecule has 0 spiro atoms. The van der Waals surface area contributed by atoms with E-state index >= 15 is 0 Å². The Balaban J connectivity index is 2.81. The smallest absolute Gasteiger partial charge is 0.410 e. The number of nitrogens with zero attached hydrogens (tertiary/aromatic N) is 1. The number of benzene rings is 1. The van der Waals surface area contributed by atoms with E-state index in [1.165, 1.54) is 0 Å². The van der Waals surface area contributed by atoms with Gasteiger partial charge in [-0.05, 0) is 52.3 Å². The molecule has 1 rings (SSSR count). The average molecular weight is 328 g/mol. The van der Waals surface area contributed by atoms with Crippen molar-refractivity contribution < 1.29 is 9.53 Å². The molecule has 0 aliphatic carbocycles. The van der Waals surface area contributed by atoms with Gasteiger partial charge >= 0.3 is 6.09 Å². The molecule has 106 valence electrons. The SMILES string of the molecule is CC(C)N(Cc1cccc(Br)c1)C(=O)OC(C)(C)C. The summed E-state index contributed by atoms with van der Waals surface area (Å²) in [5.74, 6) is 0. The molecule has 0 atom stereocenters. The fraction of sp³-hybridized carbons (Fsp3) is 0.533. The third-order valence-corrected chi connectivity index (χ3v) is 2.99. The Hall–Kier alpha value is -1.03. The molecule has 0 N–H and O–H groups in total. The summed E-state index contributed by atoms with van der Waals surface area (Å²) in [6.07, 6.45) is -0.275. The Morgan fingerprint density at radius 1 is 1.37 bits per heavy atom. The van der Waals surface area contributed by atoms with Crippen molar-refractivity contribution in [2.24, 2.45) is 0 Å². The molecule has 0 aliphatic heterocycles. The third-order valence-electron chi connectivity index (χ3n) is 2.49. The van der Waals surface area contributed by atoms with Crippen molar-refractivity contribution >= 4 is 22.0 Å². The fourth-order valence-corrected chi connectivity index (χ4v) is 2.06. The second-order valence-electron chi connectivity index (χ2n) is 5.83. The predicted molar refractivity (Wildman–Crippen MR) is 81.1 cm³/mol. The average Bonchev–Trinajstić information content (AvgIpc) is 2.23. The minimum Gasteiger partial charge on any atom is -0.444 e. The van der Waals surface area contributed by atoms with E-state index in [1.807, 2.05) is 58.9 Å². The number of hydrogen-bond acceptors (Lipinski definition) is 2. The fourth-order valence-electron chi connectivity index (χ4n) is 1.61. The number of amides is 1. The van der Waals surface area contributed by atoms with Crippen LogP contribution in [-0.2, 0) is 11.3 Å². The highest BCUT2D eigenvalue weighted by Crippen LogP contribution is 2.17. The minimum absolute atomic E-state index is 0.0915. The maximum absolute atomic E-state index is 12.2. The molecule has 4 heteroatoms. The second-order valence-corrected chi connectivity index (χ2v) is 6.75. The number of rotatable bonds is 3. The maximum atomic E-state index is 12.2. The lowest BCUT2D eigenvalue weighted by molar-refractivity contribution is 0.0172. The van der Waals surface area contributed by atoms with Crippen LogP contribution in [0.4, 0.5) is 4.79 Å². The van der Waals surface area contributed by atoms with Crippen LogP contribution in [0.2, 0.25) is 0 Å². The van der Waals surface area contributed by atoms with Gasteiger partial charge in [-0.25, -0.2) is 4.79 Å². The van der Waals surface area contributed by atoms with Crippen molar-refractivity contribution in [1.29, 1.82) is 0 Å². The van der Waals surface area contributed by atoms with Crippen molar-refractivity contribution in [3.8, 4) is 0 Å². The Kier molecular flexibility index (Phi) is 5.41. The van der Waals surface area contributed by atoms with E-state index in [4.69, 9.17) is 4.74 Å². The van der Waals surface area contributed by atoms with Crippen molar-refractivity contribution in [3.05, 3.63) is 34.3 Å². The monoisotopic (exact) mass is 327 g/mol. The number of hydrogen-bond donors (Lipinski definition) is 0. The number of halogens is 1. The molecule has 0 fully saturated rings. The lowest BCUT2D eigenvalue weighted by Gasteiger charge is -2.30. The summed E-state index contributed by atoms with van der Waals surface area (Å²) in [5, 5.41) is 0. The summed E-state index contributed by atoms with van der Waals surface area (Å²) < 4.78 is 6.45. The van der Waals surface area contributed by atoms with E-state index in [1.54, 1.807) is 4.90 Å². The van der Waals surface area contributed by atoms with Gasteiger partial charge in [0.25, 0.3) is 0 Å². The zero-order chi connectivity index (χ0) is 14.6. The Labute approximate surface area is 124 Å². The zero-order valence-electron chi connectivity index (χ0n) is 12.2. The van der Waals surface area contributed by atoms with Gasteiger partial charge in [0.1, 0.15) is 5.60 Å². The summed E-state index contributed by atoms with van der Waals surface area (Å²) >= 11 is 3.44. The quantitative estimate of drug-likeness (QED) is 0.812. The van der Waals surface area contributed by atoms with Gasteiger partial charge < -0.3 is 9.64 Å². The standard InChI is InChI=1S/C15H22BrNO2/c1-11(2)17(14(18)19-15(3,4)5)10-12-7-6-8-13(16)9-12/h6-9,11H,10H2,1-5H3. The molecular formula is C15H22BrNO2. The van der Waals surface area contributed by atoms with Crippen LogP contribution in [0.3, 0.4) is 0 Å². The van der Waals surface area contributed by atoms with Crippen LogP contribution in [0.15, 0.2) is 28.7 Å². The van der Waals surface area contributed by atoms with E-state index < -0.39 is 5.60 Å². The van der Waals surface area contributed by atoms with Crippen LogP contribution in [0, 0.1) is 0 Å². The number of ether oxygens (including phenoxy) is 1. The predicted octanol–water partition coefficient (Wildman–Crippen LogP) is 4.59. The van der Waals surface area contributed by atoms with Crippen molar-refractivity contribution in [2.75, 3.05) is 0 Å². The normalized spacial score (nSPS) is 11.5. The van der Waals surface area contributed by atoms with Gasteiger partial charge in [0.05, 0.1) is 0 Å². The first-order valence-electron chi connectivity index (χ1n) is 6.43. The topological polar surface area (TPSA) is 29.5 Å². The zero-order valence-corrected chi connectivity index (χ0v) is 13.8. The highest BCUT2D eigenvalue weighted by Gasteiger charge is 2.24. The molecule has 0 saturated heterocycles. The van der Waals surface area contributed by atoms with E-state index in [-0.39, 0.29) is 12.1 Å². The molecule has 0 unspecified atom stereocenters. The molecule has 0 heterocycles. The molecule has 0 aliphatic rings. The summed E-state index contributed by atoms with van der Waals surface area (Å²) in [7, 11) is 0. The summed E-state index contributed by atoms with van der Waals surface area (Å²) in [6.45, 7) is 10.2. The van der Waals surface area contributed by atoms with Crippen LogP contribution in [0.25, 0.3) is 0 Å². The van der Waals surface area contributed by atoms with Crippen LogP contribution in [0.5, 0.6) is 0 Å². The van der Waals surface area contributed by atoms with Gasteiger partial charge in [-0.2, -0.15) is 0 Å². The third kappa shape index (κ3) is 5.64. The molecule has 3 nitrogen and oxygen atoms in total. The van der Waals surface area contributed by atoms with Gasteiger partial charge in [-0.1, -0.05) is 28.1 Å². The van der Waals surface area contributed by atoms with Crippen LogP contribution < -0.4 is 0 Å². The van der Waals surface area contributed by atoms with E-state index in [2.05, 4.69) is 15.9 Å². The van der Waals surface area contributed by atoms with Gasteiger partial charge in [0.2, 0.25) is 0 Å². The van der Waals surface area contributed by atoms with E-state index in [9.17, 15) is 4.79 Å². The lowest BCUT2D eigenvalue weighted by Crippen LogP contribution is -2.40. The molecule has 0 bridgehead atoms. The molecule has 1 aromatic carbocycles.